The van der Waals surface area contributed by atoms with Crippen LogP contribution in [-0.4, -0.2) is 20.8 Å². The van der Waals surface area contributed by atoms with Crippen molar-refractivity contribution in [2.24, 2.45) is 0 Å². The van der Waals surface area contributed by atoms with Crippen LogP contribution in [0.25, 0.3) is 5.69 Å². The largest absolute Gasteiger partial charge is 0.506 e. The number of anilines is 1. The van der Waals surface area contributed by atoms with Crippen LogP contribution in [0.15, 0.2) is 42.5 Å². The van der Waals surface area contributed by atoms with Gasteiger partial charge in [0.15, 0.2) is 5.69 Å². The lowest BCUT2D eigenvalue weighted by Gasteiger charge is -2.14. The summed E-state index contributed by atoms with van der Waals surface area (Å²) < 4.78 is 15.0. The number of halogens is 2. The molecule has 0 radical (unpaired) electrons. The second-order valence-corrected chi connectivity index (χ2v) is 6.90. The van der Waals surface area contributed by atoms with Crippen molar-refractivity contribution in [3.63, 3.8) is 0 Å². The second-order valence-electron chi connectivity index (χ2n) is 6.49. The summed E-state index contributed by atoms with van der Waals surface area (Å²) in [4.78, 5) is 12.8. The molecule has 1 aliphatic rings. The van der Waals surface area contributed by atoms with Gasteiger partial charge in [-0.2, -0.15) is 5.10 Å². The minimum absolute atomic E-state index is 0.0485. The normalized spacial score (nSPS) is 13.3. The molecule has 0 saturated carbocycles. The minimum atomic E-state index is -0.337. The number of carbonyl (C=O) groups excluding carboxylic acids is 1. The van der Waals surface area contributed by atoms with E-state index >= 15 is 0 Å². The van der Waals surface area contributed by atoms with Crippen molar-refractivity contribution in [1.82, 2.24) is 9.78 Å². The summed E-state index contributed by atoms with van der Waals surface area (Å²) in [5.41, 5.74) is 3.47. The van der Waals surface area contributed by atoms with Crippen molar-refractivity contribution < 1.29 is 14.3 Å². The van der Waals surface area contributed by atoms with E-state index in [1.54, 1.807) is 22.9 Å². The zero-order valence-corrected chi connectivity index (χ0v) is 15.1. The van der Waals surface area contributed by atoms with Gasteiger partial charge in [0.05, 0.1) is 10.7 Å². The number of hydrogen-bond donors (Lipinski definition) is 2. The lowest BCUT2D eigenvalue weighted by Crippen LogP contribution is -2.15. The standard InChI is InChI=1S/C20H17ClFN3O2/c21-16-11-13(7-10-18(16)26)23-20(27)19-15-3-1-2-4-17(15)25(24-19)14-8-5-12(22)6-9-14/h5-11,26H,1-4H2,(H,23,27). The van der Waals surface area contributed by atoms with Crippen molar-refractivity contribution in [2.45, 2.75) is 25.7 Å². The van der Waals surface area contributed by atoms with E-state index in [1.165, 1.54) is 24.3 Å². The van der Waals surface area contributed by atoms with E-state index in [0.717, 1.165) is 42.6 Å². The zero-order chi connectivity index (χ0) is 19.0. The van der Waals surface area contributed by atoms with Gasteiger partial charge in [0.25, 0.3) is 5.91 Å². The number of benzene rings is 2. The molecule has 0 unspecified atom stereocenters. The molecule has 3 aromatic rings. The zero-order valence-electron chi connectivity index (χ0n) is 14.4. The number of nitrogens with zero attached hydrogens (tertiary/aromatic N) is 2. The van der Waals surface area contributed by atoms with Crippen molar-refractivity contribution >= 4 is 23.2 Å². The van der Waals surface area contributed by atoms with Gasteiger partial charge in [-0.15, -0.1) is 0 Å². The molecule has 0 aliphatic heterocycles. The highest BCUT2D eigenvalue weighted by atomic mass is 35.5. The molecule has 1 amide bonds. The molecule has 5 nitrogen and oxygen atoms in total. The van der Waals surface area contributed by atoms with Crippen molar-refractivity contribution in [3.05, 3.63) is 70.3 Å². The number of phenolic OH excluding ortho intramolecular Hbond substituents is 1. The number of fused-ring (bicyclic) bond motifs is 1. The van der Waals surface area contributed by atoms with E-state index in [4.69, 9.17) is 11.6 Å². The number of nitrogens with one attached hydrogen (secondary N) is 1. The molecule has 1 heterocycles. The maximum absolute atomic E-state index is 13.3. The van der Waals surface area contributed by atoms with E-state index < -0.39 is 0 Å². The summed E-state index contributed by atoms with van der Waals surface area (Å²) in [5.74, 6) is -0.703. The third-order valence-electron chi connectivity index (χ3n) is 4.67. The Bertz CT molecular complexity index is 1010. The number of aromatic hydroxyl groups is 1. The molecule has 0 spiro atoms. The minimum Gasteiger partial charge on any atom is -0.506 e. The summed E-state index contributed by atoms with van der Waals surface area (Å²) in [5, 5.41) is 17.0. The molecular weight excluding hydrogens is 369 g/mol. The number of phenols is 1. The Labute approximate surface area is 160 Å². The van der Waals surface area contributed by atoms with Crippen LogP contribution in [0, 0.1) is 5.82 Å². The van der Waals surface area contributed by atoms with Gasteiger partial charge in [-0.1, -0.05) is 11.6 Å². The number of rotatable bonds is 3. The number of carbonyl (C=O) groups is 1. The molecule has 138 valence electrons. The van der Waals surface area contributed by atoms with E-state index in [9.17, 15) is 14.3 Å². The van der Waals surface area contributed by atoms with Gasteiger partial charge in [0.1, 0.15) is 11.6 Å². The van der Waals surface area contributed by atoms with E-state index in [2.05, 4.69) is 10.4 Å². The molecule has 1 aliphatic carbocycles. The Morgan fingerprint density at radius 3 is 2.63 bits per heavy atom. The maximum Gasteiger partial charge on any atom is 0.276 e. The van der Waals surface area contributed by atoms with Crippen LogP contribution in [0.2, 0.25) is 5.02 Å². The molecule has 0 bridgehead atoms. The second kappa shape index (κ2) is 7.04. The molecular formula is C20H17ClFN3O2. The van der Waals surface area contributed by atoms with E-state index in [0.29, 0.717) is 11.4 Å². The molecule has 0 atom stereocenters. The molecule has 7 heteroatoms. The Hall–Kier alpha value is -2.86. The van der Waals surface area contributed by atoms with Gasteiger partial charge in [0, 0.05) is 16.9 Å². The van der Waals surface area contributed by atoms with Gasteiger partial charge < -0.3 is 10.4 Å². The summed E-state index contributed by atoms with van der Waals surface area (Å²) in [7, 11) is 0. The monoisotopic (exact) mass is 385 g/mol. The molecule has 4 rings (SSSR count). The average molecular weight is 386 g/mol. The summed E-state index contributed by atoms with van der Waals surface area (Å²) in [6, 6.07) is 10.5. The molecule has 27 heavy (non-hydrogen) atoms. The Morgan fingerprint density at radius 2 is 1.89 bits per heavy atom. The van der Waals surface area contributed by atoms with Crippen molar-refractivity contribution in [1.29, 1.82) is 0 Å². The van der Waals surface area contributed by atoms with Gasteiger partial charge in [-0.25, -0.2) is 9.07 Å². The third kappa shape index (κ3) is 3.40. The van der Waals surface area contributed by atoms with Crippen LogP contribution < -0.4 is 5.32 Å². The topological polar surface area (TPSA) is 67.2 Å². The van der Waals surface area contributed by atoms with Crippen LogP contribution in [0.3, 0.4) is 0 Å². The summed E-state index contributed by atoms with van der Waals surface area (Å²) in [6.07, 6.45) is 3.61. The number of aromatic nitrogens is 2. The first-order valence-corrected chi connectivity index (χ1v) is 9.07. The smallest absolute Gasteiger partial charge is 0.276 e. The van der Waals surface area contributed by atoms with Crippen molar-refractivity contribution in [3.8, 4) is 11.4 Å². The third-order valence-corrected chi connectivity index (χ3v) is 4.97. The highest BCUT2D eigenvalue weighted by Gasteiger charge is 2.25. The Morgan fingerprint density at radius 1 is 1.15 bits per heavy atom. The Kier molecular flexibility index (Phi) is 4.58. The average Bonchev–Trinajstić information content (AvgIpc) is 3.05. The van der Waals surface area contributed by atoms with E-state index in [1.807, 2.05) is 0 Å². The Balaban J connectivity index is 1.70. The summed E-state index contributed by atoms with van der Waals surface area (Å²) in [6.45, 7) is 0. The highest BCUT2D eigenvalue weighted by Crippen LogP contribution is 2.29. The van der Waals surface area contributed by atoms with Gasteiger partial charge in [0.2, 0.25) is 0 Å². The van der Waals surface area contributed by atoms with E-state index in [-0.39, 0.29) is 22.5 Å². The fourth-order valence-electron chi connectivity index (χ4n) is 3.35. The molecule has 2 aromatic carbocycles. The fourth-order valence-corrected chi connectivity index (χ4v) is 3.53. The number of amides is 1. The lowest BCUT2D eigenvalue weighted by molar-refractivity contribution is 0.102. The first-order chi connectivity index (χ1) is 13.0. The van der Waals surface area contributed by atoms with Gasteiger partial charge >= 0.3 is 0 Å². The van der Waals surface area contributed by atoms with Crippen LogP contribution in [0.4, 0.5) is 10.1 Å². The molecule has 1 aromatic heterocycles. The van der Waals surface area contributed by atoms with Crippen LogP contribution in [0.5, 0.6) is 5.75 Å². The van der Waals surface area contributed by atoms with Crippen molar-refractivity contribution in [2.75, 3.05) is 5.32 Å². The summed E-state index contributed by atoms with van der Waals surface area (Å²) >= 11 is 5.90. The highest BCUT2D eigenvalue weighted by molar-refractivity contribution is 6.32. The fraction of sp³-hybridized carbons (Fsp3) is 0.200. The quantitative estimate of drug-likeness (QED) is 0.652. The molecule has 2 N–H and O–H groups in total. The lowest BCUT2D eigenvalue weighted by atomic mass is 9.95. The predicted octanol–water partition coefficient (Wildman–Crippen LogP) is 4.50. The first kappa shape index (κ1) is 17.5. The predicted molar refractivity (Wildman–Crippen MR) is 101 cm³/mol. The number of hydrogen-bond acceptors (Lipinski definition) is 3. The van der Waals surface area contributed by atoms with Gasteiger partial charge in [-0.3, -0.25) is 4.79 Å². The van der Waals surface area contributed by atoms with Crippen LogP contribution in [0.1, 0.15) is 34.6 Å². The maximum atomic E-state index is 13.3. The molecule has 0 fully saturated rings. The first-order valence-electron chi connectivity index (χ1n) is 8.69. The van der Waals surface area contributed by atoms with Crippen LogP contribution >= 0.6 is 11.6 Å². The van der Waals surface area contributed by atoms with Gasteiger partial charge in [-0.05, 0) is 68.1 Å². The SMILES string of the molecule is O=C(Nc1ccc(O)c(Cl)c1)c1nn(-c2ccc(F)cc2)c2c1CCCC2. The van der Waals surface area contributed by atoms with Crippen LogP contribution in [-0.2, 0) is 12.8 Å². The molecule has 0 saturated heterocycles.